The first-order valence-electron chi connectivity index (χ1n) is 8.65. The molecule has 2 bridgehead atoms. The van der Waals surface area contributed by atoms with Crippen LogP contribution in [0.1, 0.15) is 62.6 Å². The molecule has 4 rings (SSSR count). The number of aryl methyl sites for hydroxylation is 1. The zero-order valence-electron chi connectivity index (χ0n) is 12.6. The molecule has 108 valence electrons. The van der Waals surface area contributed by atoms with Crippen molar-refractivity contribution in [3.8, 4) is 0 Å². The van der Waals surface area contributed by atoms with E-state index in [2.05, 4.69) is 36.5 Å². The Hall–Kier alpha value is -0.820. The molecule has 2 saturated carbocycles. The van der Waals surface area contributed by atoms with Crippen molar-refractivity contribution in [1.82, 2.24) is 5.32 Å². The minimum Gasteiger partial charge on any atom is -0.307 e. The highest BCUT2D eigenvalue weighted by atomic mass is 15.0. The lowest BCUT2D eigenvalue weighted by atomic mass is 9.82. The van der Waals surface area contributed by atoms with Crippen molar-refractivity contribution in [3.05, 3.63) is 35.4 Å². The predicted molar refractivity (Wildman–Crippen MR) is 83.7 cm³/mol. The summed E-state index contributed by atoms with van der Waals surface area (Å²) in [7, 11) is 0. The molecule has 1 aromatic rings. The summed E-state index contributed by atoms with van der Waals surface area (Å²) in [5.41, 5.74) is 3.16. The number of nitrogens with one attached hydrogen (secondary N) is 1. The van der Waals surface area contributed by atoms with Crippen LogP contribution in [0.5, 0.6) is 0 Å². The van der Waals surface area contributed by atoms with Gasteiger partial charge in [0.25, 0.3) is 0 Å². The lowest BCUT2D eigenvalue weighted by Crippen LogP contribution is -2.39. The smallest absolute Gasteiger partial charge is 0.0325 e. The molecule has 2 fully saturated rings. The molecule has 0 aromatic heterocycles. The molecular weight excluding hydrogens is 242 g/mol. The van der Waals surface area contributed by atoms with E-state index in [0.29, 0.717) is 12.1 Å². The van der Waals surface area contributed by atoms with E-state index in [9.17, 15) is 0 Å². The molecule has 1 N–H and O–H groups in total. The Morgan fingerprint density at radius 1 is 1.10 bits per heavy atom. The maximum atomic E-state index is 4.00. The average Bonchev–Trinajstić information content (AvgIpc) is 3.10. The molecule has 0 radical (unpaired) electrons. The van der Waals surface area contributed by atoms with Gasteiger partial charge < -0.3 is 5.32 Å². The van der Waals surface area contributed by atoms with Crippen LogP contribution in [-0.2, 0) is 6.42 Å². The van der Waals surface area contributed by atoms with Gasteiger partial charge in [-0.25, -0.2) is 0 Å². The summed E-state index contributed by atoms with van der Waals surface area (Å²) in [5.74, 6) is 3.04. The quantitative estimate of drug-likeness (QED) is 0.853. The van der Waals surface area contributed by atoms with Crippen LogP contribution in [0.4, 0.5) is 0 Å². The standard InChI is InChI=1S/C19H27N/c1-13(18-12-14-9-10-16(18)11-14)20-19-8-4-6-15-5-2-3-7-17(15)19/h2-3,5,7,13-14,16,18-20H,4,6,8-12H2,1H3. The van der Waals surface area contributed by atoms with Crippen molar-refractivity contribution in [1.29, 1.82) is 0 Å². The molecule has 1 heteroatoms. The lowest BCUT2D eigenvalue weighted by Gasteiger charge is -2.34. The monoisotopic (exact) mass is 269 g/mol. The molecular formula is C19H27N. The van der Waals surface area contributed by atoms with E-state index >= 15 is 0 Å². The Morgan fingerprint density at radius 3 is 2.80 bits per heavy atom. The number of rotatable bonds is 3. The van der Waals surface area contributed by atoms with Gasteiger partial charge in [0.2, 0.25) is 0 Å². The largest absolute Gasteiger partial charge is 0.307 e. The summed E-state index contributed by atoms with van der Waals surface area (Å²) in [6.45, 7) is 2.45. The number of fused-ring (bicyclic) bond motifs is 3. The molecule has 3 aliphatic rings. The van der Waals surface area contributed by atoms with Gasteiger partial charge in [-0.1, -0.05) is 30.7 Å². The van der Waals surface area contributed by atoms with Crippen molar-refractivity contribution < 1.29 is 0 Å². The SMILES string of the molecule is CC(NC1CCCc2ccccc21)C1CC2CCC1C2. The topological polar surface area (TPSA) is 12.0 Å². The molecule has 0 heterocycles. The third-order valence-electron chi connectivity index (χ3n) is 6.27. The van der Waals surface area contributed by atoms with Crippen molar-refractivity contribution >= 4 is 0 Å². The first kappa shape index (κ1) is 12.9. The van der Waals surface area contributed by atoms with Crippen molar-refractivity contribution in [2.24, 2.45) is 17.8 Å². The van der Waals surface area contributed by atoms with Gasteiger partial charge in [0.15, 0.2) is 0 Å². The molecule has 3 aliphatic carbocycles. The van der Waals surface area contributed by atoms with Crippen LogP contribution in [0.2, 0.25) is 0 Å². The summed E-state index contributed by atoms with van der Waals surface area (Å²) >= 11 is 0. The van der Waals surface area contributed by atoms with Crippen LogP contribution in [0.25, 0.3) is 0 Å². The van der Waals surface area contributed by atoms with E-state index in [1.807, 2.05) is 0 Å². The van der Waals surface area contributed by atoms with Gasteiger partial charge in [0.1, 0.15) is 0 Å². The lowest BCUT2D eigenvalue weighted by molar-refractivity contribution is 0.239. The summed E-state index contributed by atoms with van der Waals surface area (Å²) < 4.78 is 0. The van der Waals surface area contributed by atoms with E-state index in [0.717, 1.165) is 17.8 Å². The van der Waals surface area contributed by atoms with Crippen LogP contribution in [-0.4, -0.2) is 6.04 Å². The van der Waals surface area contributed by atoms with Gasteiger partial charge >= 0.3 is 0 Å². The third kappa shape index (κ3) is 2.20. The molecule has 0 spiro atoms. The second kappa shape index (κ2) is 5.18. The second-order valence-corrected chi connectivity index (χ2v) is 7.44. The van der Waals surface area contributed by atoms with Gasteiger partial charge in [-0.2, -0.15) is 0 Å². The summed E-state index contributed by atoms with van der Waals surface area (Å²) in [4.78, 5) is 0. The molecule has 0 amide bonds. The van der Waals surface area contributed by atoms with Gasteiger partial charge in [-0.3, -0.25) is 0 Å². The number of benzene rings is 1. The molecule has 0 saturated heterocycles. The van der Waals surface area contributed by atoms with E-state index in [-0.39, 0.29) is 0 Å². The Bertz CT molecular complexity index is 480. The van der Waals surface area contributed by atoms with Gasteiger partial charge in [-0.05, 0) is 74.3 Å². The van der Waals surface area contributed by atoms with Gasteiger partial charge in [-0.15, -0.1) is 0 Å². The highest BCUT2D eigenvalue weighted by Gasteiger charge is 2.42. The van der Waals surface area contributed by atoms with Crippen LogP contribution >= 0.6 is 0 Å². The van der Waals surface area contributed by atoms with Crippen molar-refractivity contribution in [3.63, 3.8) is 0 Å². The van der Waals surface area contributed by atoms with Crippen molar-refractivity contribution in [2.75, 3.05) is 0 Å². The average molecular weight is 269 g/mol. The minimum absolute atomic E-state index is 0.606. The third-order valence-corrected chi connectivity index (χ3v) is 6.27. The first-order valence-corrected chi connectivity index (χ1v) is 8.65. The van der Waals surface area contributed by atoms with E-state index in [1.54, 1.807) is 11.1 Å². The molecule has 5 atom stereocenters. The Kier molecular flexibility index (Phi) is 3.34. The minimum atomic E-state index is 0.606. The molecule has 1 aromatic carbocycles. The molecule has 0 aliphatic heterocycles. The van der Waals surface area contributed by atoms with Crippen LogP contribution in [0, 0.1) is 17.8 Å². The highest BCUT2D eigenvalue weighted by Crippen LogP contribution is 2.49. The van der Waals surface area contributed by atoms with Crippen LogP contribution in [0.3, 0.4) is 0 Å². The Morgan fingerprint density at radius 2 is 2.00 bits per heavy atom. The van der Waals surface area contributed by atoms with Gasteiger partial charge in [0.05, 0.1) is 0 Å². The molecule has 1 nitrogen and oxygen atoms in total. The van der Waals surface area contributed by atoms with E-state index in [1.165, 1.54) is 44.9 Å². The van der Waals surface area contributed by atoms with Crippen LogP contribution in [0.15, 0.2) is 24.3 Å². The second-order valence-electron chi connectivity index (χ2n) is 7.44. The fourth-order valence-electron chi connectivity index (χ4n) is 5.27. The summed E-state index contributed by atoms with van der Waals surface area (Å²) in [6, 6.07) is 10.4. The first-order chi connectivity index (χ1) is 9.81. The fourth-order valence-corrected chi connectivity index (χ4v) is 5.27. The predicted octanol–water partition coefficient (Wildman–Crippen LogP) is 4.48. The maximum Gasteiger partial charge on any atom is 0.0325 e. The zero-order valence-corrected chi connectivity index (χ0v) is 12.6. The normalized spacial score (nSPS) is 36.9. The van der Waals surface area contributed by atoms with Gasteiger partial charge in [0, 0.05) is 12.1 Å². The summed E-state index contributed by atoms with van der Waals surface area (Å²) in [6.07, 6.45) is 9.98. The van der Waals surface area contributed by atoms with E-state index < -0.39 is 0 Å². The molecule has 20 heavy (non-hydrogen) atoms. The zero-order chi connectivity index (χ0) is 13.5. The Labute approximate surface area is 123 Å². The molecule has 5 unspecified atom stereocenters. The number of hydrogen-bond donors (Lipinski definition) is 1. The Balaban J connectivity index is 1.47. The van der Waals surface area contributed by atoms with Crippen molar-refractivity contribution in [2.45, 2.75) is 64.0 Å². The highest BCUT2D eigenvalue weighted by molar-refractivity contribution is 5.32. The fraction of sp³-hybridized carbons (Fsp3) is 0.684. The maximum absolute atomic E-state index is 4.00. The summed E-state index contributed by atoms with van der Waals surface area (Å²) in [5, 5.41) is 4.00. The number of hydrogen-bond acceptors (Lipinski definition) is 1. The van der Waals surface area contributed by atoms with E-state index in [4.69, 9.17) is 0 Å². The van der Waals surface area contributed by atoms with Crippen LogP contribution < -0.4 is 5.32 Å².